The third-order valence-electron chi connectivity index (χ3n) is 5.21. The van der Waals surface area contributed by atoms with E-state index in [-0.39, 0.29) is 0 Å². The molecule has 1 heterocycles. The summed E-state index contributed by atoms with van der Waals surface area (Å²) in [6.07, 6.45) is 15.6. The van der Waals surface area contributed by atoms with Crippen LogP contribution in [0.4, 0.5) is 0 Å². The summed E-state index contributed by atoms with van der Waals surface area (Å²) in [7, 11) is 0. The molecule has 0 amide bonds. The van der Waals surface area contributed by atoms with Gasteiger partial charge in [-0.2, -0.15) is 5.10 Å². The first-order chi connectivity index (χ1) is 9.83. The lowest BCUT2D eigenvalue weighted by Gasteiger charge is -2.22. The number of hydrogen-bond donors (Lipinski definition) is 1. The highest BCUT2D eigenvalue weighted by Crippen LogP contribution is 2.32. The SMILES string of the molecule is Oc1cc(CCCC2CCCC2)nn1C1CCCCC1. The Labute approximate surface area is 122 Å². The van der Waals surface area contributed by atoms with Crippen LogP contribution in [0.15, 0.2) is 6.07 Å². The fourth-order valence-corrected chi connectivity index (χ4v) is 4.02. The van der Waals surface area contributed by atoms with Gasteiger partial charge < -0.3 is 5.11 Å². The minimum absolute atomic E-state index is 0.382. The van der Waals surface area contributed by atoms with Crippen LogP contribution in [0.3, 0.4) is 0 Å². The summed E-state index contributed by atoms with van der Waals surface area (Å²) < 4.78 is 1.89. The van der Waals surface area contributed by atoms with E-state index in [2.05, 4.69) is 5.10 Å². The van der Waals surface area contributed by atoms with E-state index < -0.39 is 0 Å². The van der Waals surface area contributed by atoms with Crippen molar-refractivity contribution in [3.8, 4) is 5.88 Å². The van der Waals surface area contributed by atoms with Crippen molar-refractivity contribution in [1.29, 1.82) is 0 Å². The van der Waals surface area contributed by atoms with E-state index >= 15 is 0 Å². The van der Waals surface area contributed by atoms with Gasteiger partial charge in [0, 0.05) is 6.07 Å². The zero-order valence-electron chi connectivity index (χ0n) is 12.6. The van der Waals surface area contributed by atoms with Crippen molar-refractivity contribution < 1.29 is 5.11 Å². The molecule has 0 saturated heterocycles. The first-order valence-corrected chi connectivity index (χ1v) is 8.60. The highest BCUT2D eigenvalue weighted by atomic mass is 16.3. The van der Waals surface area contributed by atoms with Gasteiger partial charge in [0.2, 0.25) is 5.88 Å². The predicted octanol–water partition coefficient (Wildman–Crippen LogP) is 4.61. The second-order valence-corrected chi connectivity index (χ2v) is 6.77. The minimum Gasteiger partial charge on any atom is -0.493 e. The molecule has 1 aromatic rings. The number of hydrogen-bond acceptors (Lipinski definition) is 2. The van der Waals surface area contributed by atoms with Gasteiger partial charge in [-0.3, -0.25) is 0 Å². The van der Waals surface area contributed by atoms with Crippen LogP contribution in [-0.4, -0.2) is 14.9 Å². The van der Waals surface area contributed by atoms with Gasteiger partial charge >= 0.3 is 0 Å². The third-order valence-corrected chi connectivity index (χ3v) is 5.21. The van der Waals surface area contributed by atoms with Crippen LogP contribution in [0.5, 0.6) is 5.88 Å². The van der Waals surface area contributed by atoms with Gasteiger partial charge in [-0.15, -0.1) is 0 Å². The van der Waals surface area contributed by atoms with Gasteiger partial charge in [-0.05, 0) is 31.6 Å². The van der Waals surface area contributed by atoms with Crippen molar-refractivity contribution in [3.05, 3.63) is 11.8 Å². The normalized spacial score (nSPS) is 21.6. The lowest BCUT2D eigenvalue weighted by Crippen LogP contribution is -2.14. The van der Waals surface area contributed by atoms with Gasteiger partial charge in [-0.1, -0.05) is 51.4 Å². The molecule has 112 valence electrons. The molecule has 2 aliphatic rings. The van der Waals surface area contributed by atoms with Crippen molar-refractivity contribution >= 4 is 0 Å². The van der Waals surface area contributed by atoms with E-state index in [1.165, 1.54) is 70.6 Å². The molecule has 1 aromatic heterocycles. The Kier molecular flexibility index (Phi) is 4.64. The molecule has 20 heavy (non-hydrogen) atoms. The second kappa shape index (κ2) is 6.64. The molecule has 0 aliphatic heterocycles. The third kappa shape index (κ3) is 3.36. The number of aromatic hydroxyl groups is 1. The quantitative estimate of drug-likeness (QED) is 0.853. The lowest BCUT2D eigenvalue weighted by atomic mass is 9.96. The van der Waals surface area contributed by atoms with Crippen LogP contribution in [0.25, 0.3) is 0 Å². The molecule has 3 heteroatoms. The molecule has 2 aliphatic carbocycles. The average molecular weight is 276 g/mol. The van der Waals surface area contributed by atoms with E-state index in [4.69, 9.17) is 0 Å². The van der Waals surface area contributed by atoms with E-state index in [1.54, 1.807) is 0 Å². The molecule has 2 saturated carbocycles. The summed E-state index contributed by atoms with van der Waals surface area (Å²) in [4.78, 5) is 0. The van der Waals surface area contributed by atoms with Crippen LogP contribution < -0.4 is 0 Å². The number of nitrogens with zero attached hydrogens (tertiary/aromatic N) is 2. The first kappa shape index (κ1) is 14.0. The van der Waals surface area contributed by atoms with Crippen molar-refractivity contribution in [3.63, 3.8) is 0 Å². The first-order valence-electron chi connectivity index (χ1n) is 8.60. The average Bonchev–Trinajstić information content (AvgIpc) is 3.10. The molecular formula is C17H28N2O. The molecule has 0 bridgehead atoms. The molecule has 0 atom stereocenters. The maximum atomic E-state index is 10.1. The molecule has 3 nitrogen and oxygen atoms in total. The van der Waals surface area contributed by atoms with E-state index in [0.717, 1.165) is 18.0 Å². The van der Waals surface area contributed by atoms with Crippen LogP contribution in [-0.2, 0) is 6.42 Å². The zero-order valence-corrected chi connectivity index (χ0v) is 12.6. The Morgan fingerprint density at radius 3 is 2.50 bits per heavy atom. The Balaban J connectivity index is 1.51. The minimum atomic E-state index is 0.382. The van der Waals surface area contributed by atoms with E-state index in [9.17, 15) is 5.11 Å². The van der Waals surface area contributed by atoms with E-state index in [1.807, 2.05) is 10.7 Å². The van der Waals surface area contributed by atoms with Crippen molar-refractivity contribution in [1.82, 2.24) is 9.78 Å². The molecule has 0 unspecified atom stereocenters. The standard InChI is InChI=1S/C17H28N2O/c20-17-13-15(10-6-9-14-7-4-5-8-14)18-19(17)16-11-2-1-3-12-16/h13-14,16,20H,1-12H2. The van der Waals surface area contributed by atoms with Crippen LogP contribution in [0.1, 0.15) is 82.4 Å². The Morgan fingerprint density at radius 1 is 1.05 bits per heavy atom. The van der Waals surface area contributed by atoms with Gasteiger partial charge in [0.15, 0.2) is 0 Å². The topological polar surface area (TPSA) is 38.1 Å². The summed E-state index contributed by atoms with van der Waals surface area (Å²) in [5.74, 6) is 1.34. The maximum absolute atomic E-state index is 10.1. The molecular weight excluding hydrogens is 248 g/mol. The fraction of sp³-hybridized carbons (Fsp3) is 0.824. The van der Waals surface area contributed by atoms with Crippen LogP contribution in [0, 0.1) is 5.92 Å². The van der Waals surface area contributed by atoms with E-state index in [0.29, 0.717) is 11.9 Å². The molecule has 0 radical (unpaired) electrons. The highest BCUT2D eigenvalue weighted by molar-refractivity contribution is 5.15. The van der Waals surface area contributed by atoms with Gasteiger partial charge in [0.25, 0.3) is 0 Å². The number of rotatable bonds is 5. The monoisotopic (exact) mass is 276 g/mol. The Morgan fingerprint density at radius 2 is 1.75 bits per heavy atom. The molecule has 0 aromatic carbocycles. The number of aromatic nitrogens is 2. The second-order valence-electron chi connectivity index (χ2n) is 6.77. The largest absolute Gasteiger partial charge is 0.493 e. The van der Waals surface area contributed by atoms with Crippen molar-refractivity contribution in [2.75, 3.05) is 0 Å². The van der Waals surface area contributed by atoms with Crippen molar-refractivity contribution in [2.24, 2.45) is 5.92 Å². The van der Waals surface area contributed by atoms with Gasteiger partial charge in [-0.25, -0.2) is 4.68 Å². The summed E-state index contributed by atoms with van der Waals surface area (Å²) in [6, 6.07) is 2.33. The summed E-state index contributed by atoms with van der Waals surface area (Å²) in [5, 5.41) is 14.8. The summed E-state index contributed by atoms with van der Waals surface area (Å²) >= 11 is 0. The molecule has 3 rings (SSSR count). The van der Waals surface area contributed by atoms with Crippen LogP contribution in [0.2, 0.25) is 0 Å². The zero-order chi connectivity index (χ0) is 13.8. The molecule has 0 spiro atoms. The molecule has 1 N–H and O–H groups in total. The van der Waals surface area contributed by atoms with Crippen molar-refractivity contribution in [2.45, 2.75) is 83.1 Å². The lowest BCUT2D eigenvalue weighted by molar-refractivity contribution is 0.289. The summed E-state index contributed by atoms with van der Waals surface area (Å²) in [5.41, 5.74) is 1.09. The van der Waals surface area contributed by atoms with Gasteiger partial charge in [0.1, 0.15) is 0 Å². The fourth-order valence-electron chi connectivity index (χ4n) is 4.02. The van der Waals surface area contributed by atoms with Gasteiger partial charge in [0.05, 0.1) is 11.7 Å². The summed E-state index contributed by atoms with van der Waals surface area (Å²) in [6.45, 7) is 0. The number of aryl methyl sites for hydroxylation is 1. The molecule has 2 fully saturated rings. The Hall–Kier alpha value is -0.990. The Bertz CT molecular complexity index is 415. The smallest absolute Gasteiger partial charge is 0.209 e. The van der Waals surface area contributed by atoms with Crippen LogP contribution >= 0.6 is 0 Å². The highest BCUT2D eigenvalue weighted by Gasteiger charge is 2.20. The predicted molar refractivity (Wildman–Crippen MR) is 80.9 cm³/mol. The maximum Gasteiger partial charge on any atom is 0.209 e.